The molecule has 3 amide bonds. The van der Waals surface area contributed by atoms with Gasteiger partial charge in [0.05, 0.1) is 0 Å². The lowest BCUT2D eigenvalue weighted by Crippen LogP contribution is -2.35. The molecule has 1 fully saturated rings. The van der Waals surface area contributed by atoms with Crippen molar-refractivity contribution in [2.45, 2.75) is 26.3 Å². The average Bonchev–Trinajstić information content (AvgIpc) is 3.34. The molecule has 8 heteroatoms. The number of anilines is 2. The molecule has 2 heterocycles. The SMILES string of the molecule is Cc1cc(NC(=O)C(=O)NCc2ccc3c(c2)OCO3)ccc1N1CCCC1=O. The number of aryl methyl sites for hydroxylation is 1. The molecule has 0 aliphatic carbocycles. The summed E-state index contributed by atoms with van der Waals surface area (Å²) in [5.74, 6) is -0.109. The smallest absolute Gasteiger partial charge is 0.313 e. The van der Waals surface area contributed by atoms with E-state index in [2.05, 4.69) is 10.6 Å². The molecule has 150 valence electrons. The second-order valence-corrected chi connectivity index (χ2v) is 6.97. The van der Waals surface area contributed by atoms with Crippen LogP contribution in [-0.4, -0.2) is 31.1 Å². The third kappa shape index (κ3) is 4.01. The zero-order valence-corrected chi connectivity index (χ0v) is 16.0. The van der Waals surface area contributed by atoms with Crippen molar-refractivity contribution >= 4 is 29.1 Å². The Balaban J connectivity index is 1.34. The van der Waals surface area contributed by atoms with E-state index in [1.165, 1.54) is 0 Å². The zero-order chi connectivity index (χ0) is 20.4. The van der Waals surface area contributed by atoms with E-state index in [0.717, 1.165) is 23.2 Å². The van der Waals surface area contributed by atoms with E-state index >= 15 is 0 Å². The molecular weight excluding hydrogens is 374 g/mol. The molecule has 8 nitrogen and oxygen atoms in total. The van der Waals surface area contributed by atoms with Gasteiger partial charge in [0, 0.05) is 30.9 Å². The molecule has 4 rings (SSSR count). The number of rotatable bonds is 4. The molecule has 0 atom stereocenters. The summed E-state index contributed by atoms with van der Waals surface area (Å²) in [5, 5.41) is 5.18. The van der Waals surface area contributed by atoms with Gasteiger partial charge in [-0.25, -0.2) is 0 Å². The van der Waals surface area contributed by atoms with Crippen molar-refractivity contribution in [2.75, 3.05) is 23.6 Å². The number of carbonyl (C=O) groups excluding carboxylic acids is 3. The van der Waals surface area contributed by atoms with E-state index in [-0.39, 0.29) is 19.2 Å². The Morgan fingerprint density at radius 2 is 1.90 bits per heavy atom. The molecule has 2 aromatic carbocycles. The van der Waals surface area contributed by atoms with Crippen molar-refractivity contribution in [1.29, 1.82) is 0 Å². The van der Waals surface area contributed by atoms with Gasteiger partial charge in [0.1, 0.15) is 0 Å². The Kier molecular flexibility index (Phi) is 5.07. The lowest BCUT2D eigenvalue weighted by Gasteiger charge is -2.19. The maximum absolute atomic E-state index is 12.2. The van der Waals surface area contributed by atoms with Crippen LogP contribution < -0.4 is 25.0 Å². The number of ether oxygens (including phenoxy) is 2. The minimum absolute atomic E-state index is 0.104. The van der Waals surface area contributed by atoms with Crippen LogP contribution in [0.4, 0.5) is 11.4 Å². The maximum Gasteiger partial charge on any atom is 0.313 e. The molecule has 0 saturated carbocycles. The highest BCUT2D eigenvalue weighted by molar-refractivity contribution is 6.39. The molecule has 29 heavy (non-hydrogen) atoms. The van der Waals surface area contributed by atoms with Crippen molar-refractivity contribution in [2.24, 2.45) is 0 Å². The highest BCUT2D eigenvalue weighted by atomic mass is 16.7. The van der Waals surface area contributed by atoms with E-state index in [1.807, 2.05) is 6.92 Å². The Bertz CT molecular complexity index is 988. The van der Waals surface area contributed by atoms with E-state index in [4.69, 9.17) is 9.47 Å². The van der Waals surface area contributed by atoms with E-state index in [9.17, 15) is 14.4 Å². The summed E-state index contributed by atoms with van der Waals surface area (Å²) in [7, 11) is 0. The summed E-state index contributed by atoms with van der Waals surface area (Å²) in [6.07, 6.45) is 1.40. The third-order valence-electron chi connectivity index (χ3n) is 4.92. The van der Waals surface area contributed by atoms with Crippen molar-refractivity contribution in [3.63, 3.8) is 0 Å². The van der Waals surface area contributed by atoms with Crippen LogP contribution in [0.15, 0.2) is 36.4 Å². The molecule has 2 aliphatic rings. The van der Waals surface area contributed by atoms with Crippen LogP contribution in [0.25, 0.3) is 0 Å². The minimum atomic E-state index is -0.754. The normalized spacial score (nSPS) is 14.8. The summed E-state index contributed by atoms with van der Waals surface area (Å²) in [4.78, 5) is 38.0. The average molecular weight is 395 g/mol. The van der Waals surface area contributed by atoms with Gasteiger partial charge in [-0.3, -0.25) is 14.4 Å². The molecule has 2 aliphatic heterocycles. The number of hydrogen-bond acceptors (Lipinski definition) is 5. The summed E-state index contributed by atoms with van der Waals surface area (Å²) in [6.45, 7) is 2.94. The molecule has 0 bridgehead atoms. The van der Waals surface area contributed by atoms with Crippen LogP contribution in [0.2, 0.25) is 0 Å². The van der Waals surface area contributed by atoms with Gasteiger partial charge in [-0.1, -0.05) is 6.07 Å². The number of carbonyl (C=O) groups is 3. The molecule has 0 spiro atoms. The lowest BCUT2D eigenvalue weighted by molar-refractivity contribution is -0.136. The van der Waals surface area contributed by atoms with Gasteiger partial charge in [-0.15, -0.1) is 0 Å². The molecule has 0 unspecified atom stereocenters. The molecular formula is C21H21N3O5. The minimum Gasteiger partial charge on any atom is -0.454 e. The van der Waals surface area contributed by atoms with E-state index in [1.54, 1.807) is 41.3 Å². The first-order valence-corrected chi connectivity index (χ1v) is 9.40. The standard InChI is InChI=1S/C21H21N3O5/c1-13-9-15(5-6-16(13)24-8-2-3-19(24)25)23-21(27)20(26)22-11-14-4-7-17-18(10-14)29-12-28-17/h4-7,9-10H,2-3,8,11-12H2,1H3,(H,22,26)(H,23,27). The van der Waals surface area contributed by atoms with Crippen molar-refractivity contribution < 1.29 is 23.9 Å². The van der Waals surface area contributed by atoms with Crippen LogP contribution in [0.3, 0.4) is 0 Å². The summed E-state index contributed by atoms with van der Waals surface area (Å²) in [5.41, 5.74) is 2.99. The molecule has 1 saturated heterocycles. The number of fused-ring (bicyclic) bond motifs is 1. The van der Waals surface area contributed by atoms with Gasteiger partial charge in [0.15, 0.2) is 11.5 Å². The van der Waals surface area contributed by atoms with Crippen molar-refractivity contribution in [3.05, 3.63) is 47.5 Å². The third-order valence-corrected chi connectivity index (χ3v) is 4.92. The molecule has 2 aromatic rings. The second-order valence-electron chi connectivity index (χ2n) is 6.97. The van der Waals surface area contributed by atoms with E-state index in [0.29, 0.717) is 30.2 Å². The van der Waals surface area contributed by atoms with Gasteiger partial charge in [0.25, 0.3) is 0 Å². The largest absolute Gasteiger partial charge is 0.454 e. The zero-order valence-electron chi connectivity index (χ0n) is 16.0. The van der Waals surface area contributed by atoms with Gasteiger partial charge >= 0.3 is 11.8 Å². The molecule has 0 radical (unpaired) electrons. The monoisotopic (exact) mass is 395 g/mol. The number of nitrogens with one attached hydrogen (secondary N) is 2. The van der Waals surface area contributed by atoms with Crippen LogP contribution in [0.1, 0.15) is 24.0 Å². The van der Waals surface area contributed by atoms with Gasteiger partial charge < -0.3 is 25.0 Å². The highest BCUT2D eigenvalue weighted by Gasteiger charge is 2.23. The predicted molar refractivity (Wildman–Crippen MR) is 106 cm³/mol. The predicted octanol–water partition coefficient (Wildman–Crippen LogP) is 2.11. The number of hydrogen-bond donors (Lipinski definition) is 2. The number of benzene rings is 2. The van der Waals surface area contributed by atoms with Crippen LogP contribution in [0.5, 0.6) is 11.5 Å². The van der Waals surface area contributed by atoms with Crippen LogP contribution in [0, 0.1) is 6.92 Å². The highest BCUT2D eigenvalue weighted by Crippen LogP contribution is 2.32. The summed E-state index contributed by atoms with van der Waals surface area (Å²) < 4.78 is 10.5. The molecule has 2 N–H and O–H groups in total. The Morgan fingerprint density at radius 1 is 1.07 bits per heavy atom. The van der Waals surface area contributed by atoms with Crippen molar-refractivity contribution in [1.82, 2.24) is 5.32 Å². The van der Waals surface area contributed by atoms with Gasteiger partial charge in [-0.2, -0.15) is 0 Å². The van der Waals surface area contributed by atoms with Crippen LogP contribution in [-0.2, 0) is 20.9 Å². The fourth-order valence-corrected chi connectivity index (χ4v) is 3.44. The lowest BCUT2D eigenvalue weighted by atomic mass is 10.1. The van der Waals surface area contributed by atoms with Gasteiger partial charge in [0.2, 0.25) is 12.7 Å². The first kappa shape index (κ1) is 18.8. The first-order valence-electron chi connectivity index (χ1n) is 9.40. The van der Waals surface area contributed by atoms with Gasteiger partial charge in [-0.05, 0) is 54.8 Å². The quantitative estimate of drug-likeness (QED) is 0.773. The second kappa shape index (κ2) is 7.83. The maximum atomic E-state index is 12.2. The fraction of sp³-hybridized carbons (Fsp3) is 0.286. The number of amides is 3. The summed E-state index contributed by atoms with van der Waals surface area (Å²) in [6, 6.07) is 10.6. The fourth-order valence-electron chi connectivity index (χ4n) is 3.44. The first-order chi connectivity index (χ1) is 14.0. The topological polar surface area (TPSA) is 97.0 Å². The number of nitrogens with zero attached hydrogens (tertiary/aromatic N) is 1. The van der Waals surface area contributed by atoms with E-state index < -0.39 is 11.8 Å². The Morgan fingerprint density at radius 3 is 2.66 bits per heavy atom. The Labute approximate surface area is 167 Å². The van der Waals surface area contributed by atoms with Crippen molar-refractivity contribution in [3.8, 4) is 11.5 Å². The van der Waals surface area contributed by atoms with Crippen LogP contribution >= 0.6 is 0 Å². The Hall–Kier alpha value is -3.55. The summed E-state index contributed by atoms with van der Waals surface area (Å²) >= 11 is 0. The molecule has 0 aromatic heterocycles.